The van der Waals surface area contributed by atoms with Gasteiger partial charge in [-0.25, -0.2) is 0 Å². The average Bonchev–Trinajstić information content (AvgIpc) is 2.77. The van der Waals surface area contributed by atoms with Crippen molar-refractivity contribution in [2.45, 2.75) is 6.54 Å². The van der Waals surface area contributed by atoms with Gasteiger partial charge in [-0.2, -0.15) is 0 Å². The molecule has 3 aromatic rings. The van der Waals surface area contributed by atoms with Gasteiger partial charge in [0.05, 0.1) is 14.2 Å². The molecule has 4 heteroatoms. The van der Waals surface area contributed by atoms with Crippen molar-refractivity contribution in [2.24, 2.45) is 0 Å². The van der Waals surface area contributed by atoms with Crippen LogP contribution in [0.4, 0.5) is 0 Å². The number of nitrogens with one attached hydrogen (secondary N) is 1. The molecule has 3 rings (SSSR count). The Hall–Kier alpha value is -3.53. The van der Waals surface area contributed by atoms with E-state index in [1.165, 1.54) is 0 Å². The number of carbonyl (C=O) groups excluding carboxylic acids is 1. The second kappa shape index (κ2) is 9.42. The van der Waals surface area contributed by atoms with E-state index in [1.807, 2.05) is 84.9 Å². The van der Waals surface area contributed by atoms with Crippen LogP contribution in [-0.2, 0) is 11.3 Å². The second-order valence-corrected chi connectivity index (χ2v) is 6.20. The number of hydrogen-bond donors (Lipinski definition) is 1. The van der Waals surface area contributed by atoms with Crippen LogP contribution in [0.25, 0.3) is 11.6 Å². The second-order valence-electron chi connectivity index (χ2n) is 6.20. The first-order chi connectivity index (χ1) is 13.7. The zero-order chi connectivity index (χ0) is 19.8. The smallest absolute Gasteiger partial charge is 0.252 e. The van der Waals surface area contributed by atoms with Crippen molar-refractivity contribution in [1.82, 2.24) is 5.32 Å². The summed E-state index contributed by atoms with van der Waals surface area (Å²) < 4.78 is 10.6. The van der Waals surface area contributed by atoms with Crippen molar-refractivity contribution in [3.05, 3.63) is 95.6 Å². The van der Waals surface area contributed by atoms with E-state index < -0.39 is 0 Å². The zero-order valence-corrected chi connectivity index (χ0v) is 16.0. The summed E-state index contributed by atoms with van der Waals surface area (Å²) in [4.78, 5) is 13.0. The molecule has 0 unspecified atom stereocenters. The summed E-state index contributed by atoms with van der Waals surface area (Å²) in [6, 6.07) is 24.9. The molecule has 3 aromatic carbocycles. The molecule has 0 aliphatic heterocycles. The first kappa shape index (κ1) is 19.2. The molecule has 28 heavy (non-hydrogen) atoms. The van der Waals surface area contributed by atoms with Gasteiger partial charge in [0.2, 0.25) is 0 Å². The van der Waals surface area contributed by atoms with E-state index in [9.17, 15) is 4.79 Å². The minimum absolute atomic E-state index is 0.145. The molecular formula is C24H23NO3. The van der Waals surface area contributed by atoms with Crippen LogP contribution in [0.5, 0.6) is 11.5 Å². The number of para-hydroxylation sites is 1. The fourth-order valence-electron chi connectivity index (χ4n) is 2.86. The number of amides is 1. The minimum Gasteiger partial charge on any atom is -0.497 e. The van der Waals surface area contributed by atoms with Crippen molar-refractivity contribution in [3.63, 3.8) is 0 Å². The Bertz CT molecular complexity index is 947. The maximum atomic E-state index is 13.0. The topological polar surface area (TPSA) is 47.6 Å². The number of hydrogen-bond acceptors (Lipinski definition) is 3. The molecule has 0 saturated carbocycles. The molecule has 0 fully saturated rings. The van der Waals surface area contributed by atoms with Gasteiger partial charge in [0, 0.05) is 17.7 Å². The van der Waals surface area contributed by atoms with Crippen molar-refractivity contribution in [1.29, 1.82) is 0 Å². The molecule has 1 amide bonds. The standard InChI is InChI=1S/C24H23NO3/c1-27-21-14-12-18(13-15-21)17-25-24(26)22(19-8-4-3-5-9-19)16-20-10-6-7-11-23(20)28-2/h3-16H,17H2,1-2H3,(H,25,26)/b22-16+. The van der Waals surface area contributed by atoms with Gasteiger partial charge < -0.3 is 14.8 Å². The lowest BCUT2D eigenvalue weighted by atomic mass is 10.0. The van der Waals surface area contributed by atoms with Gasteiger partial charge in [-0.15, -0.1) is 0 Å². The highest BCUT2D eigenvalue weighted by molar-refractivity contribution is 6.24. The summed E-state index contributed by atoms with van der Waals surface area (Å²) in [5.41, 5.74) is 3.28. The van der Waals surface area contributed by atoms with Gasteiger partial charge in [0.15, 0.2) is 0 Å². The van der Waals surface area contributed by atoms with Crippen LogP contribution in [-0.4, -0.2) is 20.1 Å². The lowest BCUT2D eigenvalue weighted by molar-refractivity contribution is -0.115. The minimum atomic E-state index is -0.145. The van der Waals surface area contributed by atoms with Crippen molar-refractivity contribution in [2.75, 3.05) is 14.2 Å². The molecule has 0 aliphatic carbocycles. The molecule has 0 heterocycles. The summed E-state index contributed by atoms with van der Waals surface area (Å²) in [6.45, 7) is 0.429. The highest BCUT2D eigenvalue weighted by Crippen LogP contribution is 2.25. The molecule has 0 radical (unpaired) electrons. The number of carbonyl (C=O) groups is 1. The summed E-state index contributed by atoms with van der Waals surface area (Å²) in [5.74, 6) is 1.36. The molecule has 4 nitrogen and oxygen atoms in total. The van der Waals surface area contributed by atoms with E-state index in [1.54, 1.807) is 14.2 Å². The molecular weight excluding hydrogens is 350 g/mol. The molecule has 0 aliphatic rings. The third-order valence-electron chi connectivity index (χ3n) is 4.38. The quantitative estimate of drug-likeness (QED) is 0.488. The number of rotatable bonds is 7. The Morgan fingerprint density at radius 2 is 1.54 bits per heavy atom. The van der Waals surface area contributed by atoms with Crippen LogP contribution in [0.15, 0.2) is 78.9 Å². The van der Waals surface area contributed by atoms with Gasteiger partial charge >= 0.3 is 0 Å². The molecule has 0 atom stereocenters. The Labute approximate surface area is 165 Å². The summed E-state index contributed by atoms with van der Waals surface area (Å²) >= 11 is 0. The molecule has 0 spiro atoms. The molecule has 0 bridgehead atoms. The summed E-state index contributed by atoms with van der Waals surface area (Å²) in [5, 5.41) is 3.00. The largest absolute Gasteiger partial charge is 0.497 e. The third kappa shape index (κ3) is 4.80. The van der Waals surface area contributed by atoms with E-state index in [0.29, 0.717) is 12.1 Å². The fourth-order valence-corrected chi connectivity index (χ4v) is 2.86. The zero-order valence-electron chi connectivity index (χ0n) is 16.0. The summed E-state index contributed by atoms with van der Waals surface area (Å²) in [6.07, 6.45) is 1.86. The van der Waals surface area contributed by atoms with Gasteiger partial charge in [0.1, 0.15) is 11.5 Å². The highest BCUT2D eigenvalue weighted by Gasteiger charge is 2.13. The van der Waals surface area contributed by atoms with Crippen molar-refractivity contribution >= 4 is 17.6 Å². The third-order valence-corrected chi connectivity index (χ3v) is 4.38. The molecule has 0 aromatic heterocycles. The molecule has 142 valence electrons. The predicted molar refractivity (Wildman–Crippen MR) is 112 cm³/mol. The predicted octanol–water partition coefficient (Wildman–Crippen LogP) is 4.56. The maximum absolute atomic E-state index is 13.0. The Morgan fingerprint density at radius 1 is 0.857 bits per heavy atom. The number of methoxy groups -OCH3 is 2. The fraction of sp³-hybridized carbons (Fsp3) is 0.125. The van der Waals surface area contributed by atoms with Crippen LogP contribution in [0, 0.1) is 0 Å². The van der Waals surface area contributed by atoms with E-state index in [0.717, 1.165) is 28.2 Å². The van der Waals surface area contributed by atoms with Gasteiger partial charge in [-0.1, -0.05) is 60.7 Å². The SMILES string of the molecule is COc1ccc(CNC(=O)/C(=C/c2ccccc2OC)c2ccccc2)cc1. The monoisotopic (exact) mass is 373 g/mol. The lowest BCUT2D eigenvalue weighted by Gasteiger charge is -2.11. The normalized spacial score (nSPS) is 11.0. The van der Waals surface area contributed by atoms with Crippen molar-refractivity contribution in [3.8, 4) is 11.5 Å². The van der Waals surface area contributed by atoms with Crippen LogP contribution in [0.2, 0.25) is 0 Å². The molecule has 0 saturated heterocycles. The molecule has 1 N–H and O–H groups in total. The highest BCUT2D eigenvalue weighted by atomic mass is 16.5. The summed E-state index contributed by atoms with van der Waals surface area (Å²) in [7, 11) is 3.25. The van der Waals surface area contributed by atoms with Gasteiger partial charge in [-0.3, -0.25) is 4.79 Å². The number of benzene rings is 3. The first-order valence-corrected chi connectivity index (χ1v) is 9.02. The van der Waals surface area contributed by atoms with Crippen LogP contribution in [0.1, 0.15) is 16.7 Å². The van der Waals surface area contributed by atoms with E-state index >= 15 is 0 Å². The Kier molecular flexibility index (Phi) is 6.47. The van der Waals surface area contributed by atoms with E-state index in [-0.39, 0.29) is 5.91 Å². The number of ether oxygens (including phenoxy) is 2. The van der Waals surface area contributed by atoms with Crippen LogP contribution >= 0.6 is 0 Å². The van der Waals surface area contributed by atoms with Gasteiger partial charge in [-0.05, 0) is 35.4 Å². The Morgan fingerprint density at radius 3 is 2.21 bits per heavy atom. The first-order valence-electron chi connectivity index (χ1n) is 9.02. The lowest BCUT2D eigenvalue weighted by Crippen LogP contribution is -2.23. The van der Waals surface area contributed by atoms with E-state index in [4.69, 9.17) is 9.47 Å². The van der Waals surface area contributed by atoms with Gasteiger partial charge in [0.25, 0.3) is 5.91 Å². The van der Waals surface area contributed by atoms with Crippen LogP contribution < -0.4 is 14.8 Å². The average molecular weight is 373 g/mol. The van der Waals surface area contributed by atoms with Crippen LogP contribution in [0.3, 0.4) is 0 Å². The Balaban J connectivity index is 1.86. The van der Waals surface area contributed by atoms with E-state index in [2.05, 4.69) is 5.32 Å². The van der Waals surface area contributed by atoms with Crippen molar-refractivity contribution < 1.29 is 14.3 Å². The maximum Gasteiger partial charge on any atom is 0.252 e.